The van der Waals surface area contributed by atoms with Crippen molar-refractivity contribution in [3.05, 3.63) is 33.5 Å². The molecule has 0 saturated carbocycles. The normalized spacial score (nSPS) is 21.3. The number of H-pyrrole nitrogens is 1. The molecule has 2 aromatic rings. The van der Waals surface area contributed by atoms with Crippen molar-refractivity contribution in [1.29, 1.82) is 0 Å². The average molecular weight is 283 g/mol. The molecule has 1 aliphatic rings. The highest BCUT2D eigenvalue weighted by Gasteiger charge is 2.23. The zero-order valence-electron chi connectivity index (χ0n) is 9.97. The number of halogens is 1. The van der Waals surface area contributed by atoms with Crippen molar-refractivity contribution >= 4 is 22.9 Å². The van der Waals surface area contributed by atoms with Crippen LogP contribution in [0.3, 0.4) is 0 Å². The highest BCUT2D eigenvalue weighted by Crippen LogP contribution is 2.28. The number of nitrogens with one attached hydrogen (secondary N) is 1. The minimum absolute atomic E-state index is 0.472. The minimum atomic E-state index is 0.472. The van der Waals surface area contributed by atoms with Crippen LogP contribution in [0.15, 0.2) is 17.8 Å². The van der Waals surface area contributed by atoms with Gasteiger partial charge in [0.15, 0.2) is 0 Å². The molecule has 0 aliphatic carbocycles. The molecule has 0 amide bonds. The van der Waals surface area contributed by atoms with Gasteiger partial charge in [-0.25, -0.2) is 4.98 Å². The minimum Gasteiger partial charge on any atom is -0.297 e. The van der Waals surface area contributed by atoms with Crippen LogP contribution in [0.2, 0.25) is 5.02 Å². The Labute approximate surface area is 115 Å². The Morgan fingerprint density at radius 3 is 3.22 bits per heavy atom. The number of hydrogen-bond acceptors (Lipinski definition) is 4. The molecule has 3 rings (SSSR count). The van der Waals surface area contributed by atoms with Crippen LogP contribution in [0.25, 0.3) is 0 Å². The molecular formula is C12H15ClN4S. The van der Waals surface area contributed by atoms with E-state index in [-0.39, 0.29) is 0 Å². The van der Waals surface area contributed by atoms with E-state index in [1.165, 1.54) is 17.7 Å². The topological polar surface area (TPSA) is 44.8 Å². The lowest BCUT2D eigenvalue weighted by Crippen LogP contribution is -2.34. The van der Waals surface area contributed by atoms with Gasteiger partial charge in [-0.3, -0.25) is 10.00 Å². The molecule has 96 valence electrons. The lowest BCUT2D eigenvalue weighted by molar-refractivity contribution is 0.198. The van der Waals surface area contributed by atoms with Gasteiger partial charge in [0.2, 0.25) is 0 Å². The highest BCUT2D eigenvalue weighted by molar-refractivity contribution is 7.10. The molecule has 0 spiro atoms. The Morgan fingerprint density at radius 1 is 1.56 bits per heavy atom. The zero-order chi connectivity index (χ0) is 12.4. The maximum atomic E-state index is 6.15. The van der Waals surface area contributed by atoms with E-state index in [1.54, 1.807) is 17.7 Å². The highest BCUT2D eigenvalue weighted by atomic mass is 35.5. The van der Waals surface area contributed by atoms with Crippen LogP contribution in [-0.4, -0.2) is 33.2 Å². The summed E-state index contributed by atoms with van der Waals surface area (Å²) >= 11 is 7.88. The second-order valence-corrected chi connectivity index (χ2v) is 6.04. The van der Waals surface area contributed by atoms with Gasteiger partial charge in [-0.2, -0.15) is 5.10 Å². The molecule has 0 aromatic carbocycles. The lowest BCUT2D eigenvalue weighted by Gasteiger charge is -2.31. The van der Waals surface area contributed by atoms with E-state index in [4.69, 9.17) is 11.6 Å². The molecule has 2 aromatic heterocycles. The largest absolute Gasteiger partial charge is 0.297 e. The first kappa shape index (κ1) is 12.1. The molecule has 1 saturated heterocycles. The number of piperidine rings is 1. The summed E-state index contributed by atoms with van der Waals surface area (Å²) < 4.78 is 0. The third-order valence-corrected chi connectivity index (χ3v) is 4.76. The first-order valence-electron chi connectivity index (χ1n) is 6.12. The summed E-state index contributed by atoms with van der Waals surface area (Å²) in [5.41, 5.74) is 0. The third-order valence-electron chi connectivity index (χ3n) is 3.38. The van der Waals surface area contributed by atoms with Crippen LogP contribution >= 0.6 is 22.9 Å². The number of likely N-dealkylation sites (tertiary alicyclic amines) is 1. The van der Waals surface area contributed by atoms with Crippen LogP contribution in [0.4, 0.5) is 0 Å². The molecule has 4 nitrogen and oxygen atoms in total. The van der Waals surface area contributed by atoms with Crippen molar-refractivity contribution in [3.63, 3.8) is 0 Å². The molecule has 1 fully saturated rings. The van der Waals surface area contributed by atoms with Crippen LogP contribution in [0.1, 0.15) is 29.5 Å². The van der Waals surface area contributed by atoms with Gasteiger partial charge >= 0.3 is 0 Å². The predicted molar refractivity (Wildman–Crippen MR) is 73.0 cm³/mol. The Kier molecular flexibility index (Phi) is 3.63. The summed E-state index contributed by atoms with van der Waals surface area (Å²) in [5.74, 6) is 1.48. The van der Waals surface area contributed by atoms with Crippen LogP contribution in [0.5, 0.6) is 0 Å². The first-order chi connectivity index (χ1) is 8.83. The second-order valence-electron chi connectivity index (χ2n) is 4.64. The Hall–Kier alpha value is -0.910. The summed E-state index contributed by atoms with van der Waals surface area (Å²) in [6.07, 6.45) is 3.97. The van der Waals surface area contributed by atoms with E-state index in [1.807, 2.05) is 6.07 Å². The monoisotopic (exact) mass is 282 g/mol. The van der Waals surface area contributed by atoms with Gasteiger partial charge < -0.3 is 0 Å². The van der Waals surface area contributed by atoms with Gasteiger partial charge in [-0.1, -0.05) is 11.6 Å². The van der Waals surface area contributed by atoms with Gasteiger partial charge in [0.1, 0.15) is 12.2 Å². The predicted octanol–water partition coefficient (Wildman–Crippen LogP) is 2.90. The van der Waals surface area contributed by atoms with Gasteiger partial charge in [0, 0.05) is 23.9 Å². The van der Waals surface area contributed by atoms with Crippen molar-refractivity contribution in [2.75, 3.05) is 13.1 Å². The molecule has 0 radical (unpaired) electrons. The van der Waals surface area contributed by atoms with Crippen molar-refractivity contribution in [2.24, 2.45) is 0 Å². The molecule has 1 atom stereocenters. The molecule has 6 heteroatoms. The third kappa shape index (κ3) is 2.58. The van der Waals surface area contributed by atoms with Crippen molar-refractivity contribution in [2.45, 2.75) is 25.3 Å². The van der Waals surface area contributed by atoms with Crippen LogP contribution < -0.4 is 0 Å². The molecular weight excluding hydrogens is 268 g/mol. The van der Waals surface area contributed by atoms with Crippen LogP contribution in [-0.2, 0) is 6.54 Å². The smallest absolute Gasteiger partial charge is 0.137 e. The van der Waals surface area contributed by atoms with E-state index in [0.717, 1.165) is 30.5 Å². The van der Waals surface area contributed by atoms with Gasteiger partial charge in [0.25, 0.3) is 0 Å². The van der Waals surface area contributed by atoms with Crippen LogP contribution in [0, 0.1) is 0 Å². The summed E-state index contributed by atoms with van der Waals surface area (Å²) in [6, 6.07) is 1.97. The summed E-state index contributed by atoms with van der Waals surface area (Å²) in [4.78, 5) is 7.98. The number of aromatic amines is 1. The maximum absolute atomic E-state index is 6.15. The molecule has 1 aliphatic heterocycles. The molecule has 3 heterocycles. The average Bonchev–Trinajstić information content (AvgIpc) is 3.02. The number of thiophene rings is 1. The van der Waals surface area contributed by atoms with Gasteiger partial charge in [-0.15, -0.1) is 11.3 Å². The summed E-state index contributed by atoms with van der Waals surface area (Å²) in [6.45, 7) is 3.11. The number of rotatable bonds is 3. The summed E-state index contributed by atoms with van der Waals surface area (Å²) in [5, 5.41) is 9.87. The Bertz CT molecular complexity index is 496. The van der Waals surface area contributed by atoms with E-state index in [0.29, 0.717) is 5.92 Å². The standard InChI is InChI=1S/C12H15ClN4S/c13-10-3-5-18-11(10)7-17-4-1-2-9(6-17)12-14-8-15-16-12/h3,5,8-9H,1-2,4,6-7H2,(H,14,15,16). The molecule has 1 N–H and O–H groups in total. The molecule has 18 heavy (non-hydrogen) atoms. The molecule has 0 bridgehead atoms. The zero-order valence-corrected chi connectivity index (χ0v) is 11.5. The fourth-order valence-electron chi connectivity index (χ4n) is 2.47. The van der Waals surface area contributed by atoms with E-state index < -0.39 is 0 Å². The molecule has 1 unspecified atom stereocenters. The van der Waals surface area contributed by atoms with Crippen molar-refractivity contribution in [1.82, 2.24) is 20.1 Å². The maximum Gasteiger partial charge on any atom is 0.137 e. The SMILES string of the molecule is Clc1ccsc1CN1CCCC(c2ncn[nH]2)C1. The number of nitrogens with zero attached hydrogens (tertiary/aromatic N) is 3. The van der Waals surface area contributed by atoms with Crippen molar-refractivity contribution < 1.29 is 0 Å². The summed E-state index contributed by atoms with van der Waals surface area (Å²) in [7, 11) is 0. The van der Waals surface area contributed by atoms with E-state index in [9.17, 15) is 0 Å². The lowest BCUT2D eigenvalue weighted by atomic mass is 9.97. The van der Waals surface area contributed by atoms with Gasteiger partial charge in [-0.05, 0) is 30.8 Å². The van der Waals surface area contributed by atoms with Gasteiger partial charge in [0.05, 0.1) is 5.02 Å². The van der Waals surface area contributed by atoms with E-state index in [2.05, 4.69) is 25.5 Å². The number of hydrogen-bond donors (Lipinski definition) is 1. The fraction of sp³-hybridized carbons (Fsp3) is 0.500. The second kappa shape index (κ2) is 5.38. The van der Waals surface area contributed by atoms with Crippen molar-refractivity contribution in [3.8, 4) is 0 Å². The Morgan fingerprint density at radius 2 is 2.50 bits per heavy atom. The van der Waals surface area contributed by atoms with E-state index >= 15 is 0 Å². The quantitative estimate of drug-likeness (QED) is 0.941. The number of aromatic nitrogens is 3. The first-order valence-corrected chi connectivity index (χ1v) is 7.38. The fourth-order valence-corrected chi connectivity index (χ4v) is 3.61. The Balaban J connectivity index is 1.66.